The van der Waals surface area contributed by atoms with Crippen molar-refractivity contribution in [2.24, 2.45) is 5.92 Å². The van der Waals surface area contributed by atoms with Gasteiger partial charge < -0.3 is 5.11 Å². The molecule has 1 saturated carbocycles. The van der Waals surface area contributed by atoms with E-state index >= 15 is 0 Å². The van der Waals surface area contributed by atoms with E-state index in [2.05, 4.69) is 0 Å². The molecule has 0 aromatic carbocycles. The Morgan fingerprint density at radius 3 is 2.25 bits per heavy atom. The molecule has 0 saturated heterocycles. The molecule has 1 fully saturated rings. The third-order valence-corrected chi connectivity index (χ3v) is 2.84. The van der Waals surface area contributed by atoms with Crippen molar-refractivity contribution >= 4 is 5.97 Å². The van der Waals surface area contributed by atoms with Crippen molar-refractivity contribution in [2.45, 2.75) is 37.7 Å². The molecule has 16 heavy (non-hydrogen) atoms. The fourth-order valence-corrected chi connectivity index (χ4v) is 1.82. The Morgan fingerprint density at radius 1 is 1.38 bits per heavy atom. The molecule has 1 rings (SSSR count). The summed E-state index contributed by atoms with van der Waals surface area (Å²) in [6.45, 7) is -0.803. The van der Waals surface area contributed by atoms with Gasteiger partial charge in [-0.15, -0.1) is 0 Å². The van der Waals surface area contributed by atoms with Crippen LogP contribution in [0.25, 0.3) is 0 Å². The molecule has 0 radical (unpaired) electrons. The maximum Gasteiger partial charge on any atom is 0.457 e. The van der Waals surface area contributed by atoms with Crippen LogP contribution in [0.15, 0.2) is 0 Å². The minimum absolute atomic E-state index is 0.0887. The number of carboxylic acids is 1. The van der Waals surface area contributed by atoms with Crippen molar-refractivity contribution in [3.63, 3.8) is 0 Å². The predicted molar refractivity (Wildman–Crippen MR) is 47.5 cm³/mol. The molecular weight excluding hydrogens is 230 g/mol. The summed E-state index contributed by atoms with van der Waals surface area (Å²) in [6, 6.07) is 0. The summed E-state index contributed by atoms with van der Waals surface area (Å²) in [5.74, 6) is -1.64. The number of alkyl halides is 4. The molecule has 0 heterocycles. The Balaban J connectivity index is 2.41. The van der Waals surface area contributed by atoms with Gasteiger partial charge in [0.1, 0.15) is 5.67 Å². The topological polar surface area (TPSA) is 49.3 Å². The Labute approximate surface area is 89.8 Å². The lowest BCUT2D eigenvalue weighted by molar-refractivity contribution is -0.165. The smallest absolute Gasteiger partial charge is 0.457 e. The third kappa shape index (κ3) is 3.96. The van der Waals surface area contributed by atoms with Gasteiger partial charge in [0.05, 0.1) is 5.92 Å². The molecule has 2 N–H and O–H groups in total. The summed E-state index contributed by atoms with van der Waals surface area (Å²) < 4.78 is 49.2. The second kappa shape index (κ2) is 4.57. The van der Waals surface area contributed by atoms with Crippen LogP contribution in [0.5, 0.6) is 0 Å². The number of nitrogens with one attached hydrogen (secondary N) is 1. The normalized spacial score (nSPS) is 31.4. The summed E-state index contributed by atoms with van der Waals surface area (Å²) in [6.07, 6.45) is -4.71. The van der Waals surface area contributed by atoms with Crippen LogP contribution in [0.3, 0.4) is 0 Å². The van der Waals surface area contributed by atoms with Gasteiger partial charge in [0.25, 0.3) is 0 Å². The number of aliphatic carboxylic acids is 1. The van der Waals surface area contributed by atoms with Crippen LogP contribution in [-0.4, -0.2) is 29.6 Å². The van der Waals surface area contributed by atoms with Gasteiger partial charge in [-0.3, -0.25) is 4.79 Å². The highest BCUT2D eigenvalue weighted by Gasteiger charge is 2.40. The lowest BCUT2D eigenvalue weighted by Crippen LogP contribution is -2.45. The minimum atomic E-state index is -4.59. The lowest BCUT2D eigenvalue weighted by Gasteiger charge is -2.32. The number of rotatable bonds is 3. The Hall–Kier alpha value is -0.850. The highest BCUT2D eigenvalue weighted by molar-refractivity contribution is 5.70. The molecule has 7 heteroatoms. The van der Waals surface area contributed by atoms with Gasteiger partial charge in [0.2, 0.25) is 0 Å². The van der Waals surface area contributed by atoms with E-state index in [1.165, 1.54) is 0 Å². The van der Waals surface area contributed by atoms with E-state index in [0.29, 0.717) is 0 Å². The molecule has 0 aromatic rings. The monoisotopic (exact) mass is 243 g/mol. The number of halogens is 4. The van der Waals surface area contributed by atoms with Crippen molar-refractivity contribution in [3.05, 3.63) is 0 Å². The highest BCUT2D eigenvalue weighted by Crippen LogP contribution is 2.35. The van der Waals surface area contributed by atoms with Gasteiger partial charge in [0.15, 0.2) is 0 Å². The van der Waals surface area contributed by atoms with E-state index in [-0.39, 0.29) is 25.7 Å². The van der Waals surface area contributed by atoms with Crippen LogP contribution in [-0.2, 0) is 4.79 Å². The minimum Gasteiger partial charge on any atom is -0.481 e. The Kier molecular flexibility index (Phi) is 3.77. The quantitative estimate of drug-likeness (QED) is 0.589. The first kappa shape index (κ1) is 13.2. The van der Waals surface area contributed by atoms with Crippen molar-refractivity contribution in [1.29, 1.82) is 0 Å². The van der Waals surface area contributed by atoms with Gasteiger partial charge >= 0.3 is 12.3 Å². The maximum atomic E-state index is 13.8. The van der Waals surface area contributed by atoms with Crippen molar-refractivity contribution in [1.82, 2.24) is 5.32 Å². The molecule has 0 spiro atoms. The standard InChI is InChI=1S/C9H13F4NO2/c10-8(5-14-9(11,12)13)3-1-6(2-4-8)7(15)16/h6,14H,1-5H2,(H,15,16). The van der Waals surface area contributed by atoms with Gasteiger partial charge in [-0.05, 0) is 25.7 Å². The SMILES string of the molecule is O=C(O)C1CCC(F)(CNC(F)(F)F)CC1. The molecule has 0 aliphatic heterocycles. The van der Waals surface area contributed by atoms with Gasteiger partial charge in [-0.1, -0.05) is 0 Å². The van der Waals surface area contributed by atoms with E-state index < -0.39 is 30.4 Å². The van der Waals surface area contributed by atoms with Gasteiger partial charge in [-0.25, -0.2) is 9.71 Å². The summed E-state index contributed by atoms with van der Waals surface area (Å²) in [5.41, 5.74) is -1.94. The molecule has 0 unspecified atom stereocenters. The van der Waals surface area contributed by atoms with Crippen LogP contribution in [0.1, 0.15) is 25.7 Å². The fraction of sp³-hybridized carbons (Fsp3) is 0.889. The third-order valence-electron chi connectivity index (χ3n) is 2.84. The number of hydrogen-bond donors (Lipinski definition) is 2. The van der Waals surface area contributed by atoms with Crippen LogP contribution in [0, 0.1) is 5.92 Å². The first-order valence-corrected chi connectivity index (χ1v) is 4.95. The van der Waals surface area contributed by atoms with Gasteiger partial charge in [-0.2, -0.15) is 13.2 Å². The fourth-order valence-electron chi connectivity index (χ4n) is 1.82. The summed E-state index contributed by atoms with van der Waals surface area (Å²) in [4.78, 5) is 10.6. The zero-order valence-corrected chi connectivity index (χ0v) is 8.48. The van der Waals surface area contributed by atoms with Crippen molar-refractivity contribution in [2.75, 3.05) is 6.54 Å². The molecular formula is C9H13F4NO2. The lowest BCUT2D eigenvalue weighted by atomic mass is 9.80. The highest BCUT2D eigenvalue weighted by atomic mass is 19.4. The van der Waals surface area contributed by atoms with Crippen LogP contribution < -0.4 is 5.32 Å². The predicted octanol–water partition coefficient (Wildman–Crippen LogP) is 2.08. The first-order chi connectivity index (χ1) is 7.22. The molecule has 1 aliphatic rings. The largest absolute Gasteiger partial charge is 0.481 e. The Bertz CT molecular complexity index is 259. The van der Waals surface area contributed by atoms with Crippen LogP contribution >= 0.6 is 0 Å². The van der Waals surface area contributed by atoms with E-state index in [1.54, 1.807) is 0 Å². The number of carbonyl (C=O) groups is 1. The van der Waals surface area contributed by atoms with Crippen molar-refractivity contribution in [3.8, 4) is 0 Å². The molecule has 3 nitrogen and oxygen atoms in total. The first-order valence-electron chi connectivity index (χ1n) is 4.95. The van der Waals surface area contributed by atoms with E-state index in [9.17, 15) is 22.4 Å². The van der Waals surface area contributed by atoms with Gasteiger partial charge in [0, 0.05) is 6.54 Å². The average Bonchev–Trinajstić information content (AvgIpc) is 2.15. The molecule has 0 aromatic heterocycles. The van der Waals surface area contributed by atoms with Crippen LogP contribution in [0.4, 0.5) is 17.6 Å². The molecule has 94 valence electrons. The number of hydrogen-bond acceptors (Lipinski definition) is 2. The average molecular weight is 243 g/mol. The van der Waals surface area contributed by atoms with E-state index in [4.69, 9.17) is 5.11 Å². The van der Waals surface area contributed by atoms with E-state index in [1.807, 2.05) is 0 Å². The summed E-state index contributed by atoms with van der Waals surface area (Å²) in [7, 11) is 0. The molecule has 0 amide bonds. The Morgan fingerprint density at radius 2 is 1.88 bits per heavy atom. The van der Waals surface area contributed by atoms with E-state index in [0.717, 1.165) is 5.32 Å². The molecule has 0 atom stereocenters. The second-order valence-corrected chi connectivity index (χ2v) is 4.11. The number of carboxylic acid groups (broad SMARTS) is 1. The second-order valence-electron chi connectivity index (χ2n) is 4.11. The van der Waals surface area contributed by atoms with Crippen molar-refractivity contribution < 1.29 is 27.5 Å². The zero-order chi connectivity index (χ0) is 12.4. The molecule has 0 bridgehead atoms. The molecule has 1 aliphatic carbocycles. The summed E-state index contributed by atoms with van der Waals surface area (Å²) in [5, 5.41) is 9.80. The summed E-state index contributed by atoms with van der Waals surface area (Å²) >= 11 is 0. The maximum absolute atomic E-state index is 13.8. The zero-order valence-electron chi connectivity index (χ0n) is 8.48. The van der Waals surface area contributed by atoms with Crippen LogP contribution in [0.2, 0.25) is 0 Å².